The van der Waals surface area contributed by atoms with Gasteiger partial charge in [-0.25, -0.2) is 0 Å². The van der Waals surface area contributed by atoms with E-state index in [2.05, 4.69) is 76.2 Å². The number of anilines is 1. The Hall–Kier alpha value is -0.750. The van der Waals surface area contributed by atoms with Crippen molar-refractivity contribution >= 4 is 39.2 Å². The van der Waals surface area contributed by atoms with E-state index in [1.165, 1.54) is 46.0 Å². The summed E-state index contributed by atoms with van der Waals surface area (Å²) < 4.78 is 1.20. The Morgan fingerprint density at radius 3 is 2.65 bits per heavy atom. The number of hydrogen-bond donors (Lipinski definition) is 2. The van der Waals surface area contributed by atoms with Gasteiger partial charge >= 0.3 is 0 Å². The molecule has 0 spiro atoms. The molecule has 1 aliphatic rings. The van der Waals surface area contributed by atoms with Gasteiger partial charge < -0.3 is 15.2 Å². The molecule has 0 bridgehead atoms. The molecule has 108 valence electrons. The Labute approximate surface area is 134 Å². The summed E-state index contributed by atoms with van der Waals surface area (Å²) in [7, 11) is 4.39. The minimum absolute atomic E-state index is 0.615. The zero-order chi connectivity index (χ0) is 14.1. The third-order valence-electron chi connectivity index (χ3n) is 4.42. The predicted molar refractivity (Wildman–Crippen MR) is 94.4 cm³/mol. The molecule has 0 radical (unpaired) electrons. The van der Waals surface area contributed by atoms with Gasteiger partial charge in [0.15, 0.2) is 0 Å². The molecule has 3 nitrogen and oxygen atoms in total. The van der Waals surface area contributed by atoms with Crippen molar-refractivity contribution in [2.24, 2.45) is 0 Å². The van der Waals surface area contributed by atoms with Crippen molar-refractivity contribution in [1.29, 1.82) is 0 Å². The molecule has 0 amide bonds. The van der Waals surface area contributed by atoms with E-state index in [9.17, 15) is 0 Å². The van der Waals surface area contributed by atoms with Crippen molar-refractivity contribution in [3.05, 3.63) is 28.0 Å². The van der Waals surface area contributed by atoms with Crippen LogP contribution in [0.1, 0.15) is 25.7 Å². The topological polar surface area (TPSA) is 31.1 Å². The van der Waals surface area contributed by atoms with E-state index in [-0.39, 0.29) is 0 Å². The summed E-state index contributed by atoms with van der Waals surface area (Å²) in [6.07, 6.45) is 5.12. The highest BCUT2D eigenvalue weighted by Crippen LogP contribution is 2.29. The Morgan fingerprint density at radius 1 is 1.20 bits per heavy atom. The smallest absolute Gasteiger partial charge is 0.0783 e. The quantitative estimate of drug-likeness (QED) is 0.784. The van der Waals surface area contributed by atoms with Crippen molar-refractivity contribution < 1.29 is 0 Å². The van der Waals surface area contributed by atoms with E-state index in [0.717, 1.165) is 6.04 Å². The van der Waals surface area contributed by atoms with Crippen LogP contribution in [0.3, 0.4) is 0 Å². The van der Waals surface area contributed by atoms with Crippen LogP contribution in [-0.4, -0.2) is 36.1 Å². The highest BCUT2D eigenvalue weighted by Gasteiger charge is 2.22. The molecule has 1 saturated carbocycles. The minimum atomic E-state index is 0.615. The van der Waals surface area contributed by atoms with Crippen molar-refractivity contribution in [3.63, 3.8) is 0 Å². The molecular formula is C16H22IN3. The first-order chi connectivity index (χ1) is 9.63. The average Bonchev–Trinajstić information content (AvgIpc) is 2.81. The summed E-state index contributed by atoms with van der Waals surface area (Å²) in [5, 5.41) is 5.07. The van der Waals surface area contributed by atoms with Crippen molar-refractivity contribution in [2.45, 2.75) is 37.8 Å². The maximum Gasteiger partial charge on any atom is 0.0783 e. The maximum absolute atomic E-state index is 3.75. The van der Waals surface area contributed by atoms with Gasteiger partial charge in [-0.3, -0.25) is 0 Å². The van der Waals surface area contributed by atoms with Gasteiger partial charge in [0.2, 0.25) is 0 Å². The van der Waals surface area contributed by atoms with Crippen LogP contribution in [0.4, 0.5) is 5.69 Å². The summed E-state index contributed by atoms with van der Waals surface area (Å²) >= 11 is 2.34. The van der Waals surface area contributed by atoms with E-state index in [1.807, 2.05) is 0 Å². The average molecular weight is 383 g/mol. The number of halogens is 1. The summed E-state index contributed by atoms with van der Waals surface area (Å²) in [5.74, 6) is 0. The molecule has 20 heavy (non-hydrogen) atoms. The van der Waals surface area contributed by atoms with Crippen LogP contribution in [0.5, 0.6) is 0 Å². The largest absolute Gasteiger partial charge is 0.382 e. The number of fused-ring (bicyclic) bond motifs is 1. The number of aromatic amines is 1. The maximum atomic E-state index is 3.75. The fourth-order valence-corrected chi connectivity index (χ4v) is 3.81. The zero-order valence-electron chi connectivity index (χ0n) is 12.1. The Bertz CT molecular complexity index is 582. The molecule has 2 N–H and O–H groups in total. The fourth-order valence-electron chi connectivity index (χ4n) is 3.20. The Kier molecular flexibility index (Phi) is 4.21. The molecule has 1 fully saturated rings. The summed E-state index contributed by atoms with van der Waals surface area (Å²) in [4.78, 5) is 5.76. The van der Waals surface area contributed by atoms with Gasteiger partial charge in [-0.2, -0.15) is 0 Å². The monoisotopic (exact) mass is 383 g/mol. The molecular weight excluding hydrogens is 361 g/mol. The van der Waals surface area contributed by atoms with E-state index < -0.39 is 0 Å². The second-order valence-electron chi connectivity index (χ2n) is 6.00. The molecule has 1 aliphatic carbocycles. The van der Waals surface area contributed by atoms with Crippen LogP contribution in [0.15, 0.2) is 24.3 Å². The lowest BCUT2D eigenvalue weighted by atomic mass is 9.90. The molecule has 0 aliphatic heterocycles. The van der Waals surface area contributed by atoms with Crippen LogP contribution in [0.2, 0.25) is 0 Å². The van der Waals surface area contributed by atoms with Gasteiger partial charge in [0.1, 0.15) is 0 Å². The first-order valence-corrected chi connectivity index (χ1v) is 8.41. The Morgan fingerprint density at radius 2 is 1.95 bits per heavy atom. The number of nitrogens with one attached hydrogen (secondary N) is 2. The second-order valence-corrected chi connectivity index (χ2v) is 7.16. The molecule has 1 aromatic carbocycles. The predicted octanol–water partition coefficient (Wildman–Crippen LogP) is 4.06. The first kappa shape index (κ1) is 14.2. The number of aromatic nitrogens is 1. The third kappa shape index (κ3) is 2.96. The standard InChI is InChI=1S/C16H22IN3/c1-20(2)12-8-6-11(7-9-12)18-14-4-3-5-15-13(14)10-16(17)19-15/h3-5,10-12,18-19H,6-9H2,1-2H3/t11-,12-. The third-order valence-corrected chi connectivity index (χ3v) is 5.00. The highest BCUT2D eigenvalue weighted by molar-refractivity contribution is 14.1. The normalized spacial score (nSPS) is 23.4. The fraction of sp³-hybridized carbons (Fsp3) is 0.500. The SMILES string of the molecule is CN(C)[C@H]1CC[C@H](Nc2cccc3[nH]c(I)cc23)CC1. The van der Waals surface area contributed by atoms with Crippen LogP contribution < -0.4 is 5.32 Å². The van der Waals surface area contributed by atoms with Crippen molar-refractivity contribution in [1.82, 2.24) is 9.88 Å². The van der Waals surface area contributed by atoms with Crippen LogP contribution in [-0.2, 0) is 0 Å². The van der Waals surface area contributed by atoms with Gasteiger partial charge in [-0.05, 0) is 80.6 Å². The summed E-state index contributed by atoms with van der Waals surface area (Å²) in [5.41, 5.74) is 2.50. The second kappa shape index (κ2) is 5.93. The van der Waals surface area contributed by atoms with Crippen LogP contribution >= 0.6 is 22.6 Å². The molecule has 0 unspecified atom stereocenters. The van der Waals surface area contributed by atoms with E-state index in [0.29, 0.717) is 6.04 Å². The number of hydrogen-bond acceptors (Lipinski definition) is 2. The molecule has 2 aromatic rings. The van der Waals surface area contributed by atoms with E-state index in [1.54, 1.807) is 0 Å². The number of nitrogens with zero attached hydrogens (tertiary/aromatic N) is 1. The molecule has 1 heterocycles. The van der Waals surface area contributed by atoms with Crippen LogP contribution in [0.25, 0.3) is 10.9 Å². The number of benzene rings is 1. The van der Waals surface area contributed by atoms with Gasteiger partial charge in [-0.15, -0.1) is 0 Å². The number of rotatable bonds is 3. The lowest BCUT2D eigenvalue weighted by Gasteiger charge is -2.33. The molecule has 0 atom stereocenters. The van der Waals surface area contributed by atoms with E-state index in [4.69, 9.17) is 0 Å². The van der Waals surface area contributed by atoms with Crippen LogP contribution in [0, 0.1) is 3.70 Å². The number of H-pyrrole nitrogens is 1. The van der Waals surface area contributed by atoms with Crippen molar-refractivity contribution in [2.75, 3.05) is 19.4 Å². The van der Waals surface area contributed by atoms with Gasteiger partial charge in [0.25, 0.3) is 0 Å². The zero-order valence-corrected chi connectivity index (χ0v) is 14.3. The lowest BCUT2D eigenvalue weighted by Crippen LogP contribution is -2.36. The van der Waals surface area contributed by atoms with Crippen molar-refractivity contribution in [3.8, 4) is 0 Å². The molecule has 4 heteroatoms. The lowest BCUT2D eigenvalue weighted by molar-refractivity contribution is 0.221. The van der Waals surface area contributed by atoms with E-state index >= 15 is 0 Å². The molecule has 3 rings (SSSR count). The summed E-state index contributed by atoms with van der Waals surface area (Å²) in [6, 6.07) is 10.1. The summed E-state index contributed by atoms with van der Waals surface area (Å²) in [6.45, 7) is 0. The first-order valence-electron chi connectivity index (χ1n) is 7.33. The Balaban J connectivity index is 1.71. The highest BCUT2D eigenvalue weighted by atomic mass is 127. The minimum Gasteiger partial charge on any atom is -0.382 e. The van der Waals surface area contributed by atoms with Gasteiger partial charge in [-0.1, -0.05) is 6.07 Å². The molecule has 0 saturated heterocycles. The van der Waals surface area contributed by atoms with Gasteiger partial charge in [0.05, 0.1) is 3.70 Å². The molecule has 1 aromatic heterocycles. The van der Waals surface area contributed by atoms with Gasteiger partial charge in [0, 0.05) is 28.7 Å².